The van der Waals surface area contributed by atoms with Crippen LogP contribution in [-0.2, 0) is 13.6 Å². The predicted octanol–water partition coefficient (Wildman–Crippen LogP) is 3.57. The molecule has 1 aromatic rings. The molecule has 2 N–H and O–H groups in total. The Labute approximate surface area is 170 Å². The highest BCUT2D eigenvalue weighted by atomic mass is 127. The fraction of sp³-hybridized carbons (Fsp3) is 0.722. The fourth-order valence-corrected chi connectivity index (χ4v) is 2.32. The summed E-state index contributed by atoms with van der Waals surface area (Å²) >= 11 is 0. The Hall–Kier alpha value is -1.12. The van der Waals surface area contributed by atoms with Gasteiger partial charge in [0, 0.05) is 20.1 Å². The lowest BCUT2D eigenvalue weighted by molar-refractivity contribution is 0.518. The molecule has 0 aliphatic carbocycles. The Balaban J connectivity index is 0.00000576. The minimum Gasteiger partial charge on any atom is -0.356 e. The van der Waals surface area contributed by atoms with E-state index >= 15 is 0 Å². The molecule has 0 spiro atoms. The Kier molecular flexibility index (Phi) is 13.5. The summed E-state index contributed by atoms with van der Waals surface area (Å²) in [6, 6.07) is 0. The van der Waals surface area contributed by atoms with Gasteiger partial charge in [-0.25, -0.2) is 4.99 Å². The molecule has 0 saturated heterocycles. The van der Waals surface area contributed by atoms with E-state index in [4.69, 9.17) is 0 Å². The van der Waals surface area contributed by atoms with Gasteiger partial charge in [-0.1, -0.05) is 45.6 Å². The average Bonchev–Trinajstić information content (AvgIpc) is 2.87. The number of aromatic nitrogens is 3. The zero-order valence-corrected chi connectivity index (χ0v) is 18.5. The topological polar surface area (TPSA) is 67.1 Å². The molecule has 0 radical (unpaired) electrons. The molecule has 0 unspecified atom stereocenters. The molecule has 0 bridgehead atoms. The van der Waals surface area contributed by atoms with Crippen LogP contribution in [0.25, 0.3) is 0 Å². The number of halogens is 1. The Morgan fingerprint density at radius 2 is 1.92 bits per heavy atom. The van der Waals surface area contributed by atoms with Crippen LogP contribution in [0.2, 0.25) is 0 Å². The van der Waals surface area contributed by atoms with Gasteiger partial charge in [-0.15, -0.1) is 40.8 Å². The largest absolute Gasteiger partial charge is 0.356 e. The summed E-state index contributed by atoms with van der Waals surface area (Å²) in [5.41, 5.74) is 0. The molecule has 1 rings (SSSR count). The standard InChI is InChI=1S/C18H34N6.HI/c1-6-12-19-18(20-13-10-8-7-9-11-15(2)3)21-14-17-23-22-16(4)24(17)5;/h6,15H,1,7-14H2,2-5H3,(H2,19,20,21);1H. The van der Waals surface area contributed by atoms with E-state index in [0.29, 0.717) is 13.1 Å². The number of nitrogens with zero attached hydrogens (tertiary/aromatic N) is 4. The zero-order chi connectivity index (χ0) is 17.8. The lowest BCUT2D eigenvalue weighted by Crippen LogP contribution is -2.38. The second-order valence-corrected chi connectivity index (χ2v) is 6.58. The minimum atomic E-state index is 0. The first-order valence-corrected chi connectivity index (χ1v) is 9.02. The zero-order valence-electron chi connectivity index (χ0n) is 16.2. The van der Waals surface area contributed by atoms with Gasteiger partial charge in [-0.05, 0) is 19.3 Å². The maximum atomic E-state index is 4.59. The first-order valence-electron chi connectivity index (χ1n) is 9.02. The number of aryl methyl sites for hydroxylation is 1. The van der Waals surface area contributed by atoms with Crippen molar-refractivity contribution in [3.8, 4) is 0 Å². The van der Waals surface area contributed by atoms with Crippen LogP contribution in [0, 0.1) is 12.8 Å². The number of nitrogens with one attached hydrogen (secondary N) is 2. The molecule has 0 saturated carbocycles. The molecule has 144 valence electrons. The molecule has 0 aromatic carbocycles. The lowest BCUT2D eigenvalue weighted by Gasteiger charge is -2.11. The van der Waals surface area contributed by atoms with Gasteiger partial charge in [0.15, 0.2) is 11.8 Å². The molecular formula is C18H35IN6. The van der Waals surface area contributed by atoms with Crippen molar-refractivity contribution in [2.75, 3.05) is 13.1 Å². The van der Waals surface area contributed by atoms with Crippen LogP contribution < -0.4 is 10.6 Å². The van der Waals surface area contributed by atoms with Gasteiger partial charge < -0.3 is 15.2 Å². The molecule has 6 nitrogen and oxygen atoms in total. The second kappa shape index (κ2) is 14.1. The van der Waals surface area contributed by atoms with Crippen molar-refractivity contribution in [2.45, 2.75) is 59.4 Å². The van der Waals surface area contributed by atoms with Crippen LogP contribution in [0.5, 0.6) is 0 Å². The van der Waals surface area contributed by atoms with Crippen molar-refractivity contribution in [1.29, 1.82) is 0 Å². The summed E-state index contributed by atoms with van der Waals surface area (Å²) in [6.45, 7) is 12.4. The lowest BCUT2D eigenvalue weighted by atomic mass is 10.0. The van der Waals surface area contributed by atoms with Gasteiger partial charge in [-0.2, -0.15) is 0 Å². The monoisotopic (exact) mass is 462 g/mol. The van der Waals surface area contributed by atoms with Crippen molar-refractivity contribution in [3.05, 3.63) is 24.3 Å². The first-order chi connectivity index (χ1) is 11.5. The number of hydrogen-bond acceptors (Lipinski definition) is 3. The minimum absolute atomic E-state index is 0. The van der Waals surface area contributed by atoms with Crippen LogP contribution in [0.4, 0.5) is 0 Å². The molecule has 0 amide bonds. The summed E-state index contributed by atoms with van der Waals surface area (Å²) in [4.78, 5) is 4.59. The molecule has 1 heterocycles. The molecule has 25 heavy (non-hydrogen) atoms. The van der Waals surface area contributed by atoms with E-state index < -0.39 is 0 Å². The van der Waals surface area contributed by atoms with Crippen molar-refractivity contribution in [2.24, 2.45) is 18.0 Å². The first kappa shape index (κ1) is 23.9. The van der Waals surface area contributed by atoms with Gasteiger partial charge in [0.25, 0.3) is 0 Å². The average molecular weight is 462 g/mol. The third-order valence-electron chi connectivity index (χ3n) is 3.98. The number of unbranched alkanes of at least 4 members (excludes halogenated alkanes) is 3. The quantitative estimate of drug-likeness (QED) is 0.174. The molecule has 0 aliphatic rings. The summed E-state index contributed by atoms with van der Waals surface area (Å²) in [6.07, 6.45) is 8.23. The van der Waals surface area contributed by atoms with Gasteiger partial charge in [0.1, 0.15) is 12.4 Å². The van der Waals surface area contributed by atoms with E-state index in [9.17, 15) is 0 Å². The molecular weight excluding hydrogens is 427 g/mol. The highest BCUT2D eigenvalue weighted by Crippen LogP contribution is 2.08. The van der Waals surface area contributed by atoms with Gasteiger partial charge in [0.2, 0.25) is 0 Å². The normalized spacial score (nSPS) is 11.3. The van der Waals surface area contributed by atoms with Crippen molar-refractivity contribution in [3.63, 3.8) is 0 Å². The number of rotatable bonds is 11. The van der Waals surface area contributed by atoms with E-state index in [0.717, 1.165) is 36.5 Å². The molecule has 0 aliphatic heterocycles. The second-order valence-electron chi connectivity index (χ2n) is 6.58. The van der Waals surface area contributed by atoms with Crippen LogP contribution >= 0.6 is 24.0 Å². The smallest absolute Gasteiger partial charge is 0.191 e. The Morgan fingerprint density at radius 1 is 1.20 bits per heavy atom. The SMILES string of the molecule is C=CCNC(=NCc1nnc(C)n1C)NCCCCCCC(C)C.I. The van der Waals surface area contributed by atoms with Crippen molar-refractivity contribution in [1.82, 2.24) is 25.4 Å². The maximum absolute atomic E-state index is 4.59. The van der Waals surface area contributed by atoms with Crippen molar-refractivity contribution >= 4 is 29.9 Å². The molecule has 0 fully saturated rings. The summed E-state index contributed by atoms with van der Waals surface area (Å²) in [7, 11) is 1.96. The third-order valence-corrected chi connectivity index (χ3v) is 3.98. The van der Waals surface area contributed by atoms with E-state index in [1.54, 1.807) is 0 Å². The van der Waals surface area contributed by atoms with Crippen LogP contribution in [0.1, 0.15) is 57.6 Å². The van der Waals surface area contributed by atoms with E-state index in [1.807, 2.05) is 24.6 Å². The van der Waals surface area contributed by atoms with Crippen LogP contribution in [-0.4, -0.2) is 33.8 Å². The maximum Gasteiger partial charge on any atom is 0.191 e. The Bertz CT molecular complexity index is 510. The van der Waals surface area contributed by atoms with E-state index in [-0.39, 0.29) is 24.0 Å². The van der Waals surface area contributed by atoms with Gasteiger partial charge in [-0.3, -0.25) is 0 Å². The van der Waals surface area contributed by atoms with Crippen LogP contribution in [0.3, 0.4) is 0 Å². The molecule has 7 heteroatoms. The molecule has 0 atom stereocenters. The highest BCUT2D eigenvalue weighted by Gasteiger charge is 2.04. The summed E-state index contributed by atoms with van der Waals surface area (Å²) in [5, 5.41) is 14.8. The van der Waals surface area contributed by atoms with Crippen LogP contribution in [0.15, 0.2) is 17.6 Å². The van der Waals surface area contributed by atoms with E-state index in [1.165, 1.54) is 25.7 Å². The fourth-order valence-electron chi connectivity index (χ4n) is 2.32. The van der Waals surface area contributed by atoms with Gasteiger partial charge >= 0.3 is 0 Å². The van der Waals surface area contributed by atoms with Crippen molar-refractivity contribution < 1.29 is 0 Å². The highest BCUT2D eigenvalue weighted by molar-refractivity contribution is 14.0. The van der Waals surface area contributed by atoms with Gasteiger partial charge in [0.05, 0.1) is 0 Å². The number of hydrogen-bond donors (Lipinski definition) is 2. The predicted molar refractivity (Wildman–Crippen MR) is 116 cm³/mol. The third kappa shape index (κ3) is 10.5. The number of aliphatic imine (C=N–C) groups is 1. The summed E-state index contributed by atoms with van der Waals surface area (Å²) in [5.74, 6) is 3.38. The molecule has 1 aromatic heterocycles. The summed E-state index contributed by atoms with van der Waals surface area (Å²) < 4.78 is 1.96. The number of guanidine groups is 1. The van der Waals surface area contributed by atoms with E-state index in [2.05, 4.69) is 46.2 Å². The Morgan fingerprint density at radius 3 is 2.52 bits per heavy atom.